The van der Waals surface area contributed by atoms with Gasteiger partial charge in [0.05, 0.1) is 6.04 Å². The highest BCUT2D eigenvalue weighted by molar-refractivity contribution is 7.12. The quantitative estimate of drug-likeness (QED) is 0.635. The van der Waals surface area contributed by atoms with E-state index in [-0.39, 0.29) is 6.04 Å². The highest BCUT2D eigenvalue weighted by Gasteiger charge is 2.12. The molecule has 1 atom stereocenters. The molecule has 4 heteroatoms. The molecule has 2 aromatic rings. The molecule has 2 heterocycles. The number of rotatable bonds is 4. The van der Waals surface area contributed by atoms with Crippen LogP contribution in [0, 0.1) is 6.92 Å². The second-order valence-electron chi connectivity index (χ2n) is 3.45. The summed E-state index contributed by atoms with van der Waals surface area (Å²) in [6, 6.07) is 8.75. The van der Waals surface area contributed by atoms with Crippen LogP contribution in [-0.4, -0.2) is 0 Å². The predicted octanol–water partition coefficient (Wildman–Crippen LogP) is 2.87. The normalized spacial score (nSPS) is 12.9. The van der Waals surface area contributed by atoms with Crippen molar-refractivity contribution >= 4 is 22.7 Å². The van der Waals surface area contributed by atoms with Crippen LogP contribution in [0.3, 0.4) is 0 Å². The fourth-order valence-electron chi connectivity index (χ4n) is 1.51. The van der Waals surface area contributed by atoms with E-state index in [9.17, 15) is 0 Å². The Morgan fingerprint density at radius 1 is 1.40 bits per heavy atom. The molecular formula is C11H14N2S2. The lowest BCUT2D eigenvalue weighted by Gasteiger charge is -2.12. The van der Waals surface area contributed by atoms with Gasteiger partial charge in [0, 0.05) is 21.1 Å². The Hall–Kier alpha value is -0.680. The van der Waals surface area contributed by atoms with Crippen molar-refractivity contribution in [3.63, 3.8) is 0 Å². The molecule has 0 aromatic carbocycles. The predicted molar refractivity (Wildman–Crippen MR) is 67.1 cm³/mol. The van der Waals surface area contributed by atoms with Crippen molar-refractivity contribution in [1.82, 2.24) is 5.43 Å². The first-order valence-electron chi connectivity index (χ1n) is 4.84. The summed E-state index contributed by atoms with van der Waals surface area (Å²) >= 11 is 3.58. The summed E-state index contributed by atoms with van der Waals surface area (Å²) in [5.74, 6) is 5.59. The molecule has 0 radical (unpaired) electrons. The maximum absolute atomic E-state index is 5.59. The first-order chi connectivity index (χ1) is 7.29. The molecule has 3 N–H and O–H groups in total. The van der Waals surface area contributed by atoms with Gasteiger partial charge in [-0.3, -0.25) is 11.3 Å². The lowest BCUT2D eigenvalue weighted by Crippen LogP contribution is -2.28. The third kappa shape index (κ3) is 2.66. The molecule has 2 rings (SSSR count). The average Bonchev–Trinajstić information content (AvgIpc) is 2.85. The second kappa shape index (κ2) is 4.90. The molecule has 0 bridgehead atoms. The van der Waals surface area contributed by atoms with Gasteiger partial charge in [-0.2, -0.15) is 0 Å². The van der Waals surface area contributed by atoms with Crippen molar-refractivity contribution in [2.75, 3.05) is 0 Å². The molecule has 1 unspecified atom stereocenters. The zero-order valence-electron chi connectivity index (χ0n) is 8.57. The van der Waals surface area contributed by atoms with Crippen LogP contribution in [0.4, 0.5) is 0 Å². The van der Waals surface area contributed by atoms with Crippen molar-refractivity contribution in [3.8, 4) is 0 Å². The summed E-state index contributed by atoms with van der Waals surface area (Å²) in [4.78, 5) is 4.00. The number of hydrazine groups is 1. The SMILES string of the molecule is Cc1ccc(C(Cc2cccs2)NN)s1. The Balaban J connectivity index is 2.11. The van der Waals surface area contributed by atoms with Gasteiger partial charge in [0.15, 0.2) is 0 Å². The topological polar surface area (TPSA) is 38.0 Å². The van der Waals surface area contributed by atoms with E-state index >= 15 is 0 Å². The van der Waals surface area contributed by atoms with Crippen molar-refractivity contribution in [2.45, 2.75) is 19.4 Å². The Bertz CT molecular complexity index is 406. The van der Waals surface area contributed by atoms with Crippen molar-refractivity contribution in [2.24, 2.45) is 5.84 Å². The van der Waals surface area contributed by atoms with Gasteiger partial charge in [0.1, 0.15) is 0 Å². The molecule has 0 saturated carbocycles. The molecule has 15 heavy (non-hydrogen) atoms. The molecule has 0 saturated heterocycles. The fraction of sp³-hybridized carbons (Fsp3) is 0.273. The summed E-state index contributed by atoms with van der Waals surface area (Å²) in [5, 5.41) is 2.10. The summed E-state index contributed by atoms with van der Waals surface area (Å²) in [6.07, 6.45) is 0.966. The average molecular weight is 238 g/mol. The van der Waals surface area contributed by atoms with E-state index in [1.807, 2.05) is 0 Å². The van der Waals surface area contributed by atoms with Crippen LogP contribution in [0.25, 0.3) is 0 Å². The first-order valence-corrected chi connectivity index (χ1v) is 6.54. The van der Waals surface area contributed by atoms with Gasteiger partial charge >= 0.3 is 0 Å². The van der Waals surface area contributed by atoms with E-state index < -0.39 is 0 Å². The van der Waals surface area contributed by atoms with Gasteiger partial charge in [-0.25, -0.2) is 0 Å². The summed E-state index contributed by atoms with van der Waals surface area (Å²) in [5.41, 5.74) is 2.89. The molecule has 2 aromatic heterocycles. The molecule has 0 aliphatic heterocycles. The number of hydrogen-bond donors (Lipinski definition) is 2. The van der Waals surface area contributed by atoms with Crippen LogP contribution >= 0.6 is 22.7 Å². The van der Waals surface area contributed by atoms with Crippen molar-refractivity contribution in [3.05, 3.63) is 44.3 Å². The van der Waals surface area contributed by atoms with Crippen LogP contribution in [0.5, 0.6) is 0 Å². The van der Waals surface area contributed by atoms with Crippen LogP contribution < -0.4 is 11.3 Å². The van der Waals surface area contributed by atoms with Gasteiger partial charge in [-0.15, -0.1) is 22.7 Å². The van der Waals surface area contributed by atoms with Gasteiger partial charge < -0.3 is 0 Å². The van der Waals surface area contributed by atoms with Crippen molar-refractivity contribution < 1.29 is 0 Å². The van der Waals surface area contributed by atoms with E-state index in [1.54, 1.807) is 22.7 Å². The molecule has 0 fully saturated rings. The van der Waals surface area contributed by atoms with Gasteiger partial charge in [-0.1, -0.05) is 6.07 Å². The van der Waals surface area contributed by atoms with E-state index in [2.05, 4.69) is 42.0 Å². The van der Waals surface area contributed by atoms with E-state index in [4.69, 9.17) is 5.84 Å². The minimum Gasteiger partial charge on any atom is -0.271 e. The zero-order valence-corrected chi connectivity index (χ0v) is 10.2. The highest BCUT2D eigenvalue weighted by Crippen LogP contribution is 2.26. The van der Waals surface area contributed by atoms with Crippen molar-refractivity contribution in [1.29, 1.82) is 0 Å². The summed E-state index contributed by atoms with van der Waals surface area (Å²) in [6.45, 7) is 2.12. The number of aryl methyl sites for hydroxylation is 1. The Labute approximate surface area is 97.7 Å². The Morgan fingerprint density at radius 2 is 2.27 bits per heavy atom. The zero-order chi connectivity index (χ0) is 10.7. The summed E-state index contributed by atoms with van der Waals surface area (Å²) in [7, 11) is 0. The number of nitrogens with two attached hydrogens (primary N) is 1. The highest BCUT2D eigenvalue weighted by atomic mass is 32.1. The largest absolute Gasteiger partial charge is 0.271 e. The molecule has 0 aliphatic carbocycles. The first kappa shape index (κ1) is 10.8. The maximum Gasteiger partial charge on any atom is 0.0601 e. The molecule has 0 amide bonds. The maximum atomic E-state index is 5.59. The van der Waals surface area contributed by atoms with E-state index in [0.29, 0.717) is 0 Å². The van der Waals surface area contributed by atoms with E-state index in [1.165, 1.54) is 14.6 Å². The minimum atomic E-state index is 0.238. The molecule has 0 aliphatic rings. The second-order valence-corrected chi connectivity index (χ2v) is 5.80. The van der Waals surface area contributed by atoms with Crippen LogP contribution in [0.1, 0.15) is 20.7 Å². The van der Waals surface area contributed by atoms with Gasteiger partial charge in [-0.05, 0) is 30.5 Å². The summed E-state index contributed by atoms with van der Waals surface area (Å²) < 4.78 is 0. The fourth-order valence-corrected chi connectivity index (χ4v) is 3.20. The van der Waals surface area contributed by atoms with Crippen LogP contribution in [0.2, 0.25) is 0 Å². The van der Waals surface area contributed by atoms with Gasteiger partial charge in [0.25, 0.3) is 0 Å². The molecule has 2 nitrogen and oxygen atoms in total. The van der Waals surface area contributed by atoms with E-state index in [0.717, 1.165) is 6.42 Å². The third-order valence-corrected chi connectivity index (χ3v) is 4.30. The van der Waals surface area contributed by atoms with Crippen LogP contribution in [-0.2, 0) is 6.42 Å². The molecule has 80 valence electrons. The number of thiophene rings is 2. The number of hydrogen-bond acceptors (Lipinski definition) is 4. The Morgan fingerprint density at radius 3 is 2.80 bits per heavy atom. The molecule has 0 spiro atoms. The lowest BCUT2D eigenvalue weighted by molar-refractivity contribution is 0.564. The standard InChI is InChI=1S/C11H14N2S2/c1-8-4-5-11(15-8)10(13-12)7-9-3-2-6-14-9/h2-6,10,13H,7,12H2,1H3. The minimum absolute atomic E-state index is 0.238. The smallest absolute Gasteiger partial charge is 0.0601 e. The van der Waals surface area contributed by atoms with Gasteiger partial charge in [0.2, 0.25) is 0 Å². The molecular weight excluding hydrogens is 224 g/mol. The lowest BCUT2D eigenvalue weighted by atomic mass is 10.1. The Kier molecular flexibility index (Phi) is 3.53. The monoisotopic (exact) mass is 238 g/mol. The van der Waals surface area contributed by atoms with Crippen LogP contribution in [0.15, 0.2) is 29.6 Å². The third-order valence-electron chi connectivity index (χ3n) is 2.29. The number of nitrogens with one attached hydrogen (secondary N) is 1.